The zero-order chi connectivity index (χ0) is 31.5. The Morgan fingerprint density at radius 2 is 1.71 bits per heavy atom. The summed E-state index contributed by atoms with van der Waals surface area (Å²) < 4.78 is 91.7. The molecule has 14 heteroatoms. The molecular weight excluding hydrogens is 584 g/mol. The lowest BCUT2D eigenvalue weighted by molar-refractivity contribution is -0.193. The zero-order valence-corrected chi connectivity index (χ0v) is 23.7. The van der Waals surface area contributed by atoms with E-state index in [1.54, 1.807) is 20.8 Å². The quantitative estimate of drug-likeness (QED) is 0.274. The molecule has 1 aliphatic heterocycles. The maximum atomic E-state index is 13.7. The van der Waals surface area contributed by atoms with Crippen LogP contribution in [0.4, 0.5) is 23.2 Å². The summed E-state index contributed by atoms with van der Waals surface area (Å²) in [4.78, 5) is 39.6. The van der Waals surface area contributed by atoms with Gasteiger partial charge in [-0.1, -0.05) is 13.8 Å². The molecule has 1 aliphatic carbocycles. The Bertz CT molecular complexity index is 1630. The van der Waals surface area contributed by atoms with Crippen molar-refractivity contribution in [1.82, 2.24) is 0 Å². The number of anilines is 1. The van der Waals surface area contributed by atoms with Crippen LogP contribution in [0.1, 0.15) is 51.7 Å². The van der Waals surface area contributed by atoms with Gasteiger partial charge in [0.25, 0.3) is 5.91 Å². The largest absolute Gasteiger partial charge is 0.446 e. The summed E-state index contributed by atoms with van der Waals surface area (Å²) in [6, 6.07) is 7.29. The Balaban J connectivity index is 1.74. The normalized spacial score (nSPS) is 24.3. The summed E-state index contributed by atoms with van der Waals surface area (Å²) in [5.74, 6) is -5.13. The van der Waals surface area contributed by atoms with Crippen molar-refractivity contribution in [3.63, 3.8) is 0 Å². The van der Waals surface area contributed by atoms with Crippen molar-refractivity contribution in [3.05, 3.63) is 59.4 Å². The number of hydrogen-bond acceptors (Lipinski definition) is 8. The van der Waals surface area contributed by atoms with E-state index in [4.69, 9.17) is 14.7 Å². The smallest absolute Gasteiger partial charge is 0.417 e. The molecule has 1 N–H and O–H groups in total. The Labute approximate surface area is 238 Å². The number of hydrogen-bond donors (Lipinski definition) is 1. The lowest BCUT2D eigenvalue weighted by atomic mass is 9.66. The van der Waals surface area contributed by atoms with Gasteiger partial charge in [0.05, 0.1) is 27.5 Å². The van der Waals surface area contributed by atoms with Crippen LogP contribution in [0.5, 0.6) is 0 Å². The molecule has 2 fully saturated rings. The summed E-state index contributed by atoms with van der Waals surface area (Å²) in [5.41, 5.74) is -9.19. The molecule has 42 heavy (non-hydrogen) atoms. The van der Waals surface area contributed by atoms with Gasteiger partial charge in [0.15, 0.2) is 9.84 Å². The van der Waals surface area contributed by atoms with Crippen molar-refractivity contribution >= 4 is 33.4 Å². The summed E-state index contributed by atoms with van der Waals surface area (Å²) in [6.45, 7) is 5.78. The number of fused-ring (bicyclic) bond motifs is 2. The van der Waals surface area contributed by atoms with Crippen molar-refractivity contribution in [3.8, 4) is 6.07 Å². The van der Waals surface area contributed by atoms with Crippen LogP contribution in [0.25, 0.3) is 0 Å². The lowest BCUT2D eigenvalue weighted by Crippen LogP contribution is -2.56. The zero-order valence-electron chi connectivity index (χ0n) is 22.9. The van der Waals surface area contributed by atoms with Crippen molar-refractivity contribution in [2.24, 2.45) is 10.8 Å². The van der Waals surface area contributed by atoms with Gasteiger partial charge in [-0.2, -0.15) is 18.4 Å². The molecule has 3 unspecified atom stereocenters. The standard InChI is InChI=1S/C28H26F4N2O7S/c1-24(2)25(3)11-12-27(24,41-22(25)36)23(37)40-26(4,15-42(38,39)19-9-6-17(29)7-10-19)21(35)34-18-8-5-16(14-33)20(13-18)28(30,31)32/h5-10,13H,11-12,15H2,1-4H3,(H,34,35). The number of carbonyl (C=O) groups excluding carboxylic acids is 3. The Morgan fingerprint density at radius 1 is 1.10 bits per heavy atom. The molecule has 2 aromatic carbocycles. The van der Waals surface area contributed by atoms with Crippen LogP contribution in [-0.4, -0.2) is 43.2 Å². The van der Waals surface area contributed by atoms with E-state index in [1.807, 2.05) is 0 Å². The van der Waals surface area contributed by atoms with Crippen molar-refractivity contribution in [1.29, 1.82) is 5.26 Å². The number of benzene rings is 2. The Morgan fingerprint density at radius 3 is 2.21 bits per heavy atom. The number of carbonyl (C=O) groups is 3. The minimum Gasteiger partial charge on any atom is -0.446 e. The summed E-state index contributed by atoms with van der Waals surface area (Å²) in [5, 5.41) is 11.2. The minimum absolute atomic E-state index is 0.0219. The number of rotatable bonds is 7. The first-order valence-corrected chi connectivity index (χ1v) is 14.3. The van der Waals surface area contributed by atoms with E-state index in [1.165, 1.54) is 6.07 Å². The van der Waals surface area contributed by atoms with Crippen LogP contribution >= 0.6 is 0 Å². The molecular formula is C28H26F4N2O7S. The summed E-state index contributed by atoms with van der Waals surface area (Å²) in [6.07, 6.45) is -4.69. The Hall–Kier alpha value is -3.99. The third-order valence-corrected chi connectivity index (χ3v) is 10.5. The first-order valence-electron chi connectivity index (χ1n) is 12.6. The fraction of sp³-hybridized carbons (Fsp3) is 0.429. The minimum atomic E-state index is -4.96. The van der Waals surface area contributed by atoms with Gasteiger partial charge >= 0.3 is 18.1 Å². The van der Waals surface area contributed by atoms with E-state index < -0.39 is 89.2 Å². The van der Waals surface area contributed by atoms with E-state index in [-0.39, 0.29) is 12.8 Å². The van der Waals surface area contributed by atoms with Crippen LogP contribution < -0.4 is 5.32 Å². The molecule has 2 aliphatic rings. The van der Waals surface area contributed by atoms with Gasteiger partial charge < -0.3 is 14.8 Å². The van der Waals surface area contributed by atoms with E-state index >= 15 is 0 Å². The van der Waals surface area contributed by atoms with Gasteiger partial charge in [-0.25, -0.2) is 17.6 Å². The molecule has 1 saturated carbocycles. The molecule has 2 bridgehead atoms. The molecule has 9 nitrogen and oxygen atoms in total. The van der Waals surface area contributed by atoms with Gasteiger partial charge in [0, 0.05) is 11.1 Å². The van der Waals surface area contributed by atoms with Gasteiger partial charge in [-0.3, -0.25) is 9.59 Å². The number of amides is 1. The monoisotopic (exact) mass is 610 g/mol. The van der Waals surface area contributed by atoms with Crippen molar-refractivity contribution < 1.29 is 49.8 Å². The number of nitrogens with zero attached hydrogens (tertiary/aromatic N) is 1. The molecule has 1 heterocycles. The number of sulfone groups is 1. The highest BCUT2D eigenvalue weighted by atomic mass is 32.2. The highest BCUT2D eigenvalue weighted by molar-refractivity contribution is 7.91. The first kappa shape index (κ1) is 31.0. The molecule has 3 atom stereocenters. The maximum Gasteiger partial charge on any atom is 0.417 e. The fourth-order valence-electron chi connectivity index (χ4n) is 5.44. The van der Waals surface area contributed by atoms with Crippen LogP contribution in [-0.2, 0) is 39.9 Å². The molecule has 0 radical (unpaired) electrons. The predicted molar refractivity (Wildman–Crippen MR) is 138 cm³/mol. The van der Waals surface area contributed by atoms with Gasteiger partial charge in [0.1, 0.15) is 11.6 Å². The highest BCUT2D eigenvalue weighted by Gasteiger charge is 2.77. The van der Waals surface area contributed by atoms with Crippen LogP contribution in [0.3, 0.4) is 0 Å². The molecule has 4 rings (SSSR count). The number of nitriles is 1. The number of nitrogens with one attached hydrogen (secondary N) is 1. The number of alkyl halides is 3. The van der Waals surface area contributed by atoms with E-state index in [9.17, 15) is 40.4 Å². The fourth-order valence-corrected chi connectivity index (χ4v) is 7.07. The van der Waals surface area contributed by atoms with Crippen molar-refractivity contribution in [2.75, 3.05) is 11.1 Å². The SMILES string of the molecule is CC(CS(=O)(=O)c1ccc(F)cc1)(OC(=O)C12CCC(C)(C(=O)O1)C2(C)C)C(=O)Nc1ccc(C#N)c(C(F)(F)F)c1. The third-order valence-electron chi connectivity index (χ3n) is 8.55. The second-order valence-corrected chi connectivity index (χ2v) is 13.3. The van der Waals surface area contributed by atoms with Crippen LogP contribution in [0, 0.1) is 28.0 Å². The first-order chi connectivity index (χ1) is 19.2. The summed E-state index contributed by atoms with van der Waals surface area (Å²) >= 11 is 0. The molecule has 2 aromatic rings. The third kappa shape index (κ3) is 4.79. The lowest BCUT2D eigenvalue weighted by Gasteiger charge is -2.37. The average molecular weight is 611 g/mol. The highest BCUT2D eigenvalue weighted by Crippen LogP contribution is 2.66. The molecule has 224 valence electrons. The number of ether oxygens (including phenoxy) is 2. The molecule has 1 amide bonds. The second kappa shape index (κ2) is 9.79. The maximum absolute atomic E-state index is 13.7. The van der Waals surface area contributed by atoms with Gasteiger partial charge in [-0.05, 0) is 69.2 Å². The average Bonchev–Trinajstić information content (AvgIpc) is 3.18. The van der Waals surface area contributed by atoms with E-state index in [2.05, 4.69) is 5.32 Å². The molecule has 0 spiro atoms. The van der Waals surface area contributed by atoms with Gasteiger partial charge in [-0.15, -0.1) is 0 Å². The summed E-state index contributed by atoms with van der Waals surface area (Å²) in [7, 11) is -4.49. The number of halogens is 4. The van der Waals surface area contributed by atoms with E-state index in [0.717, 1.165) is 43.3 Å². The van der Waals surface area contributed by atoms with Crippen molar-refractivity contribution in [2.45, 2.75) is 62.8 Å². The topological polar surface area (TPSA) is 140 Å². The number of esters is 2. The molecule has 1 saturated heterocycles. The van der Waals surface area contributed by atoms with Gasteiger partial charge in [0.2, 0.25) is 11.2 Å². The molecule has 0 aromatic heterocycles. The van der Waals surface area contributed by atoms with Crippen LogP contribution in [0.2, 0.25) is 0 Å². The van der Waals surface area contributed by atoms with Crippen LogP contribution in [0.15, 0.2) is 47.4 Å². The second-order valence-electron chi connectivity index (χ2n) is 11.3. The Kier molecular flexibility index (Phi) is 7.22. The predicted octanol–water partition coefficient (Wildman–Crippen LogP) is 4.55. The van der Waals surface area contributed by atoms with E-state index in [0.29, 0.717) is 6.07 Å².